The Morgan fingerprint density at radius 2 is 2.10 bits per heavy atom. The van der Waals surface area contributed by atoms with Gasteiger partial charge in [0.1, 0.15) is 0 Å². The number of nitrogens with one attached hydrogen (secondary N) is 1. The van der Waals surface area contributed by atoms with Gasteiger partial charge in [0.25, 0.3) is 0 Å². The van der Waals surface area contributed by atoms with Crippen LogP contribution in [-0.2, 0) is 12.2 Å². The number of rotatable bonds is 3. The molecule has 0 amide bonds. The van der Waals surface area contributed by atoms with Crippen LogP contribution in [0, 0.1) is 13.8 Å². The minimum absolute atomic E-state index is 0.107. The van der Waals surface area contributed by atoms with Crippen molar-refractivity contribution in [2.75, 3.05) is 5.75 Å². The fourth-order valence-corrected chi connectivity index (χ4v) is 5.16. The van der Waals surface area contributed by atoms with E-state index in [1.165, 1.54) is 39.3 Å². The molecule has 20 heavy (non-hydrogen) atoms. The number of thiophene rings is 1. The van der Waals surface area contributed by atoms with Crippen LogP contribution in [-0.4, -0.2) is 5.75 Å². The van der Waals surface area contributed by atoms with Crippen LogP contribution in [0.15, 0.2) is 24.3 Å². The summed E-state index contributed by atoms with van der Waals surface area (Å²) in [5, 5.41) is 0. The van der Waals surface area contributed by atoms with Crippen molar-refractivity contribution in [2.45, 2.75) is 32.1 Å². The molecular weight excluding hydrogens is 284 g/mol. The van der Waals surface area contributed by atoms with Crippen LogP contribution < -0.4 is 11.3 Å². The maximum atomic E-state index is 5.87. The van der Waals surface area contributed by atoms with Crippen molar-refractivity contribution in [2.24, 2.45) is 5.84 Å². The fourth-order valence-electron chi connectivity index (χ4n) is 2.71. The Hall–Kier alpha value is -0.810. The standard InChI is InChI=1S/C16H20N2S2/c1-10-3-4-11(2)13(7-10)16(18-17)15-8-12-9-19-6-5-14(12)20-15/h3-4,7-8,16,18H,5-6,9,17H2,1-2H3. The highest BCUT2D eigenvalue weighted by Crippen LogP contribution is 2.37. The number of aryl methyl sites for hydroxylation is 3. The molecule has 1 unspecified atom stereocenters. The summed E-state index contributed by atoms with van der Waals surface area (Å²) in [4.78, 5) is 2.89. The first-order valence-corrected chi connectivity index (χ1v) is 8.88. The molecule has 0 saturated carbocycles. The Labute approximate surface area is 128 Å². The van der Waals surface area contributed by atoms with Gasteiger partial charge >= 0.3 is 0 Å². The van der Waals surface area contributed by atoms with E-state index in [0.717, 1.165) is 5.75 Å². The fraction of sp³-hybridized carbons (Fsp3) is 0.375. The molecule has 0 spiro atoms. The van der Waals surface area contributed by atoms with Crippen molar-refractivity contribution in [3.05, 3.63) is 56.3 Å². The summed E-state index contributed by atoms with van der Waals surface area (Å²) in [6.45, 7) is 4.29. The van der Waals surface area contributed by atoms with Crippen molar-refractivity contribution in [3.63, 3.8) is 0 Å². The van der Waals surface area contributed by atoms with Crippen LogP contribution in [0.3, 0.4) is 0 Å². The van der Waals surface area contributed by atoms with Gasteiger partial charge in [0, 0.05) is 15.5 Å². The van der Waals surface area contributed by atoms with Gasteiger partial charge < -0.3 is 0 Å². The van der Waals surface area contributed by atoms with Crippen LogP contribution in [0.4, 0.5) is 0 Å². The number of fused-ring (bicyclic) bond motifs is 1. The van der Waals surface area contributed by atoms with Crippen LogP contribution in [0.2, 0.25) is 0 Å². The van der Waals surface area contributed by atoms with Gasteiger partial charge in [-0.1, -0.05) is 23.8 Å². The Morgan fingerprint density at radius 1 is 1.25 bits per heavy atom. The van der Waals surface area contributed by atoms with E-state index in [1.807, 2.05) is 23.1 Å². The normalized spacial score (nSPS) is 15.9. The maximum absolute atomic E-state index is 5.87. The van der Waals surface area contributed by atoms with E-state index in [2.05, 4.69) is 43.5 Å². The van der Waals surface area contributed by atoms with Crippen molar-refractivity contribution in [1.82, 2.24) is 5.43 Å². The third-order valence-corrected chi connectivity index (χ3v) is 6.15. The largest absolute Gasteiger partial charge is 0.271 e. The van der Waals surface area contributed by atoms with Crippen molar-refractivity contribution < 1.29 is 0 Å². The summed E-state index contributed by atoms with van der Waals surface area (Å²) in [5.41, 5.74) is 8.38. The smallest absolute Gasteiger partial charge is 0.0805 e. The second kappa shape index (κ2) is 5.90. The molecule has 0 bridgehead atoms. The van der Waals surface area contributed by atoms with Crippen LogP contribution in [0.5, 0.6) is 0 Å². The van der Waals surface area contributed by atoms with Crippen molar-refractivity contribution in [1.29, 1.82) is 0 Å². The first kappa shape index (κ1) is 14.1. The molecule has 1 aliphatic heterocycles. The van der Waals surface area contributed by atoms with E-state index in [1.54, 1.807) is 4.88 Å². The van der Waals surface area contributed by atoms with Gasteiger partial charge in [-0.3, -0.25) is 5.84 Å². The number of thioether (sulfide) groups is 1. The summed E-state index contributed by atoms with van der Waals surface area (Å²) in [6.07, 6.45) is 1.20. The Morgan fingerprint density at radius 3 is 2.85 bits per heavy atom. The van der Waals surface area contributed by atoms with Crippen LogP contribution in [0.25, 0.3) is 0 Å². The highest BCUT2D eigenvalue weighted by molar-refractivity contribution is 7.98. The molecule has 1 aromatic heterocycles. The zero-order chi connectivity index (χ0) is 14.1. The Balaban J connectivity index is 2.01. The average molecular weight is 304 g/mol. The minimum atomic E-state index is 0.107. The van der Waals surface area contributed by atoms with E-state index in [9.17, 15) is 0 Å². The molecule has 1 aliphatic rings. The molecule has 1 atom stereocenters. The molecule has 0 aliphatic carbocycles. The molecule has 3 N–H and O–H groups in total. The molecule has 4 heteroatoms. The molecule has 2 heterocycles. The minimum Gasteiger partial charge on any atom is -0.271 e. The Bertz CT molecular complexity index is 595. The van der Waals surface area contributed by atoms with E-state index >= 15 is 0 Å². The third-order valence-electron chi connectivity index (χ3n) is 3.84. The predicted molar refractivity (Wildman–Crippen MR) is 89.3 cm³/mol. The monoisotopic (exact) mass is 304 g/mol. The molecule has 1 aromatic carbocycles. The number of benzene rings is 1. The Kier molecular flexibility index (Phi) is 4.17. The van der Waals surface area contributed by atoms with Gasteiger partial charge in [0.05, 0.1) is 6.04 Å². The molecule has 0 saturated heterocycles. The molecule has 106 valence electrons. The predicted octanol–water partition coefficient (Wildman–Crippen LogP) is 3.71. The quantitative estimate of drug-likeness (QED) is 0.670. The van der Waals surface area contributed by atoms with Gasteiger partial charge in [-0.25, -0.2) is 5.43 Å². The zero-order valence-corrected chi connectivity index (χ0v) is 13.5. The first-order valence-electron chi connectivity index (χ1n) is 6.91. The number of nitrogens with two attached hydrogens (primary N) is 1. The lowest BCUT2D eigenvalue weighted by Crippen LogP contribution is -2.28. The zero-order valence-electron chi connectivity index (χ0n) is 11.9. The molecule has 0 radical (unpaired) electrons. The van der Waals surface area contributed by atoms with E-state index < -0.39 is 0 Å². The summed E-state index contributed by atoms with van der Waals surface area (Å²) >= 11 is 3.95. The molecule has 3 rings (SSSR count). The SMILES string of the molecule is Cc1ccc(C)c(C(NN)c2cc3c(s2)CCSC3)c1. The van der Waals surface area contributed by atoms with E-state index in [0.29, 0.717) is 0 Å². The van der Waals surface area contributed by atoms with Gasteiger partial charge in [0.15, 0.2) is 0 Å². The maximum Gasteiger partial charge on any atom is 0.0805 e. The van der Waals surface area contributed by atoms with Gasteiger partial charge in [-0.15, -0.1) is 11.3 Å². The first-order chi connectivity index (χ1) is 9.69. The number of hydrogen-bond donors (Lipinski definition) is 2. The van der Waals surface area contributed by atoms with Gasteiger partial charge in [0.2, 0.25) is 0 Å². The van der Waals surface area contributed by atoms with E-state index in [4.69, 9.17) is 5.84 Å². The highest BCUT2D eigenvalue weighted by Gasteiger charge is 2.21. The van der Waals surface area contributed by atoms with Crippen LogP contribution >= 0.6 is 23.1 Å². The van der Waals surface area contributed by atoms with Crippen molar-refractivity contribution in [3.8, 4) is 0 Å². The second-order valence-electron chi connectivity index (χ2n) is 5.36. The van der Waals surface area contributed by atoms with Gasteiger partial charge in [-0.2, -0.15) is 11.8 Å². The van der Waals surface area contributed by atoms with Crippen LogP contribution in [0.1, 0.15) is 38.0 Å². The molecule has 0 fully saturated rings. The van der Waals surface area contributed by atoms with Crippen molar-refractivity contribution >= 4 is 23.1 Å². The molecular formula is C16H20N2S2. The lowest BCUT2D eigenvalue weighted by molar-refractivity contribution is 0.642. The third kappa shape index (κ3) is 2.66. The summed E-state index contributed by atoms with van der Waals surface area (Å²) < 4.78 is 0. The van der Waals surface area contributed by atoms with E-state index in [-0.39, 0.29) is 6.04 Å². The second-order valence-corrected chi connectivity index (χ2v) is 7.63. The lowest BCUT2D eigenvalue weighted by atomic mass is 9.98. The highest BCUT2D eigenvalue weighted by atomic mass is 32.2. The summed E-state index contributed by atoms with van der Waals surface area (Å²) in [5.74, 6) is 8.26. The number of hydrazine groups is 1. The lowest BCUT2D eigenvalue weighted by Gasteiger charge is -2.18. The number of hydrogen-bond acceptors (Lipinski definition) is 4. The summed E-state index contributed by atoms with van der Waals surface area (Å²) in [7, 11) is 0. The topological polar surface area (TPSA) is 38.0 Å². The molecule has 2 nitrogen and oxygen atoms in total. The summed E-state index contributed by atoms with van der Waals surface area (Å²) in [6, 6.07) is 9.03. The van der Waals surface area contributed by atoms with Gasteiger partial charge in [-0.05, 0) is 48.8 Å². The molecule has 2 aromatic rings. The average Bonchev–Trinajstić information content (AvgIpc) is 2.87.